The van der Waals surface area contributed by atoms with Crippen molar-refractivity contribution in [2.45, 2.75) is 19.3 Å². The fraction of sp³-hybridized carbons (Fsp3) is 0.0526. The molecule has 0 N–H and O–H groups in total. The van der Waals surface area contributed by atoms with E-state index in [0.29, 0.717) is 0 Å². The van der Waals surface area contributed by atoms with Gasteiger partial charge in [-0.05, 0) is 151 Å². The lowest BCUT2D eigenvalue weighted by molar-refractivity contribution is 0.667. The van der Waals surface area contributed by atoms with Gasteiger partial charge in [0, 0.05) is 5.41 Å². The largest absolute Gasteiger partial charge is 0.0622 e. The Bertz CT molecular complexity index is 3420. The molecule has 11 aromatic rings. The van der Waals surface area contributed by atoms with Crippen molar-refractivity contribution in [1.82, 2.24) is 0 Å². The van der Waals surface area contributed by atoms with Gasteiger partial charge in [-0.15, -0.1) is 0 Å². The van der Waals surface area contributed by atoms with Gasteiger partial charge in [-0.25, -0.2) is 0 Å². The summed E-state index contributed by atoms with van der Waals surface area (Å²) >= 11 is 0. The first kappa shape index (κ1) is 32.2. The Labute approximate surface area is 332 Å². The second kappa shape index (κ2) is 12.0. The smallest absolute Gasteiger partial charge is 0.0165 e. The fourth-order valence-electron chi connectivity index (χ4n) is 10.3. The molecule has 0 bridgehead atoms. The molecule has 0 heteroatoms. The monoisotopic (exact) mass is 722 g/mol. The van der Waals surface area contributed by atoms with Gasteiger partial charge < -0.3 is 0 Å². The van der Waals surface area contributed by atoms with Crippen LogP contribution < -0.4 is 0 Å². The highest BCUT2D eigenvalue weighted by Crippen LogP contribution is 2.55. The van der Waals surface area contributed by atoms with E-state index in [2.05, 4.69) is 208 Å². The molecule has 11 aromatic carbocycles. The van der Waals surface area contributed by atoms with Crippen molar-refractivity contribution >= 4 is 64.6 Å². The third kappa shape index (κ3) is 4.68. The molecule has 0 amide bonds. The molecule has 12 rings (SSSR count). The molecule has 1 aliphatic rings. The van der Waals surface area contributed by atoms with Crippen molar-refractivity contribution in [3.8, 4) is 44.5 Å². The van der Waals surface area contributed by atoms with Crippen molar-refractivity contribution in [3.63, 3.8) is 0 Å². The Morgan fingerprint density at radius 2 is 0.684 bits per heavy atom. The van der Waals surface area contributed by atoms with Crippen LogP contribution in [0.25, 0.3) is 109 Å². The third-order valence-corrected chi connectivity index (χ3v) is 12.9. The Morgan fingerprint density at radius 3 is 1.25 bits per heavy atom. The maximum Gasteiger partial charge on any atom is 0.0165 e. The van der Waals surface area contributed by atoms with Gasteiger partial charge >= 0.3 is 0 Å². The summed E-state index contributed by atoms with van der Waals surface area (Å²) in [6, 6.07) is 72.6. The van der Waals surface area contributed by atoms with Crippen molar-refractivity contribution < 1.29 is 0 Å². The maximum absolute atomic E-state index is 2.49. The normalized spacial score (nSPS) is 13.2. The van der Waals surface area contributed by atoms with Gasteiger partial charge in [0.2, 0.25) is 0 Å². The molecule has 0 atom stereocenters. The van der Waals surface area contributed by atoms with Crippen LogP contribution in [-0.4, -0.2) is 0 Å². The molecule has 57 heavy (non-hydrogen) atoms. The van der Waals surface area contributed by atoms with Gasteiger partial charge in [0.1, 0.15) is 0 Å². The van der Waals surface area contributed by atoms with Gasteiger partial charge in [-0.1, -0.05) is 178 Å². The first-order chi connectivity index (χ1) is 28.0. The summed E-state index contributed by atoms with van der Waals surface area (Å²) in [7, 11) is 0. The van der Waals surface area contributed by atoms with E-state index < -0.39 is 0 Å². The summed E-state index contributed by atoms with van der Waals surface area (Å²) in [5, 5.41) is 15.5. The highest BCUT2D eigenvalue weighted by Gasteiger charge is 2.38. The van der Waals surface area contributed by atoms with E-state index in [1.807, 2.05) is 0 Å². The zero-order chi connectivity index (χ0) is 37.8. The highest BCUT2D eigenvalue weighted by atomic mass is 14.4. The van der Waals surface area contributed by atoms with Gasteiger partial charge in [-0.3, -0.25) is 0 Å². The van der Waals surface area contributed by atoms with Crippen LogP contribution in [0.2, 0.25) is 0 Å². The van der Waals surface area contributed by atoms with Crippen LogP contribution >= 0.6 is 0 Å². The van der Waals surface area contributed by atoms with E-state index >= 15 is 0 Å². The summed E-state index contributed by atoms with van der Waals surface area (Å²) in [4.78, 5) is 0. The van der Waals surface area contributed by atoms with Crippen LogP contribution in [0, 0.1) is 0 Å². The van der Waals surface area contributed by atoms with Crippen molar-refractivity contribution in [2.24, 2.45) is 0 Å². The van der Waals surface area contributed by atoms with Crippen LogP contribution in [0.4, 0.5) is 0 Å². The number of benzene rings is 11. The van der Waals surface area contributed by atoms with Gasteiger partial charge in [0.05, 0.1) is 0 Å². The molecule has 0 nitrogen and oxygen atoms in total. The number of rotatable bonds is 3. The van der Waals surface area contributed by atoms with E-state index in [1.54, 1.807) is 0 Å². The zero-order valence-corrected chi connectivity index (χ0v) is 32.0. The quantitative estimate of drug-likeness (QED) is 0.126. The standard InChI is InChI=1S/C57H38/c1-57(2)52-34-42-32-41(29-27-39(42)33-51(52)55-45-18-8-6-16-43(45)44-17-7-13-23-50(44)56(55)57)54-48-21-11-9-19-46(48)53(47-20-10-12-22-49(47)54)40-28-26-37-30-36(24-25-38(37)31-40)35-14-4-3-5-15-35/h3-34H,1-2H3. The predicted molar refractivity (Wildman–Crippen MR) is 245 cm³/mol. The second-order valence-corrected chi connectivity index (χ2v) is 16.4. The van der Waals surface area contributed by atoms with Gasteiger partial charge in [0.25, 0.3) is 0 Å². The molecule has 0 aromatic heterocycles. The van der Waals surface area contributed by atoms with Crippen LogP contribution in [-0.2, 0) is 5.41 Å². The van der Waals surface area contributed by atoms with Crippen molar-refractivity contribution in [1.29, 1.82) is 0 Å². The minimum atomic E-state index is -0.150. The number of hydrogen-bond acceptors (Lipinski definition) is 0. The van der Waals surface area contributed by atoms with E-state index in [1.165, 1.54) is 120 Å². The molecule has 0 spiro atoms. The average Bonchev–Trinajstić information content (AvgIpc) is 3.50. The van der Waals surface area contributed by atoms with Gasteiger partial charge in [0.15, 0.2) is 0 Å². The van der Waals surface area contributed by atoms with E-state index in [0.717, 1.165) is 0 Å². The number of hydrogen-bond donors (Lipinski definition) is 0. The molecule has 0 unspecified atom stereocenters. The third-order valence-electron chi connectivity index (χ3n) is 12.9. The number of fused-ring (bicyclic) bond motifs is 12. The summed E-state index contributed by atoms with van der Waals surface area (Å²) < 4.78 is 0. The highest BCUT2D eigenvalue weighted by molar-refractivity contribution is 6.23. The molecule has 0 aliphatic heterocycles. The Morgan fingerprint density at radius 1 is 0.281 bits per heavy atom. The fourth-order valence-corrected chi connectivity index (χ4v) is 10.3. The molecule has 0 saturated carbocycles. The molecule has 1 aliphatic carbocycles. The topological polar surface area (TPSA) is 0 Å². The summed E-state index contributed by atoms with van der Waals surface area (Å²) in [5.41, 5.74) is 13.0. The predicted octanol–water partition coefficient (Wildman–Crippen LogP) is 15.9. The van der Waals surface area contributed by atoms with Gasteiger partial charge in [-0.2, -0.15) is 0 Å². The van der Waals surface area contributed by atoms with Crippen LogP contribution in [0.15, 0.2) is 194 Å². The lowest BCUT2D eigenvalue weighted by Crippen LogP contribution is -2.15. The van der Waals surface area contributed by atoms with E-state index in [9.17, 15) is 0 Å². The summed E-state index contributed by atoms with van der Waals surface area (Å²) in [6.07, 6.45) is 0. The molecule has 0 saturated heterocycles. The second-order valence-electron chi connectivity index (χ2n) is 16.4. The molecular formula is C57H38. The molecule has 0 fully saturated rings. The Hall–Kier alpha value is -7.02. The van der Waals surface area contributed by atoms with E-state index in [-0.39, 0.29) is 5.41 Å². The lowest BCUT2D eigenvalue weighted by Gasteiger charge is -2.24. The Balaban J connectivity index is 1.05. The van der Waals surface area contributed by atoms with Crippen molar-refractivity contribution in [2.75, 3.05) is 0 Å². The van der Waals surface area contributed by atoms with Crippen LogP contribution in [0.5, 0.6) is 0 Å². The van der Waals surface area contributed by atoms with Crippen LogP contribution in [0.1, 0.15) is 25.0 Å². The van der Waals surface area contributed by atoms with Crippen molar-refractivity contribution in [3.05, 3.63) is 205 Å². The first-order valence-corrected chi connectivity index (χ1v) is 20.1. The minimum Gasteiger partial charge on any atom is -0.0622 e. The lowest BCUT2D eigenvalue weighted by atomic mass is 9.79. The molecule has 266 valence electrons. The minimum absolute atomic E-state index is 0.150. The molecule has 0 heterocycles. The maximum atomic E-state index is 2.49. The Kier molecular flexibility index (Phi) is 6.78. The summed E-state index contributed by atoms with van der Waals surface area (Å²) in [6.45, 7) is 4.84. The summed E-state index contributed by atoms with van der Waals surface area (Å²) in [5.74, 6) is 0. The average molecular weight is 723 g/mol. The van der Waals surface area contributed by atoms with Crippen LogP contribution in [0.3, 0.4) is 0 Å². The SMILES string of the molecule is CC1(C)c2cc3cc(-c4c5ccccc5c(-c5ccc6cc(-c7ccccc7)ccc6c5)c5ccccc45)ccc3cc2-c2c1c1ccccc1c1ccccc21. The first-order valence-electron chi connectivity index (χ1n) is 20.1. The zero-order valence-electron chi connectivity index (χ0n) is 32.0. The molecule has 0 radical (unpaired) electrons. The molecular weight excluding hydrogens is 685 g/mol. The van der Waals surface area contributed by atoms with E-state index in [4.69, 9.17) is 0 Å².